The third-order valence-electron chi connectivity index (χ3n) is 4.13. The maximum atomic E-state index is 11.7. The van der Waals surface area contributed by atoms with E-state index in [9.17, 15) is 9.59 Å². The summed E-state index contributed by atoms with van der Waals surface area (Å²) in [6, 6.07) is 5.78. The maximum absolute atomic E-state index is 11.7. The fourth-order valence-electron chi connectivity index (χ4n) is 2.71. The quantitative estimate of drug-likeness (QED) is 0.231. The van der Waals surface area contributed by atoms with Crippen molar-refractivity contribution in [3.05, 3.63) is 41.5 Å². The zero-order chi connectivity index (χ0) is 21.3. The first-order valence-corrected chi connectivity index (χ1v) is 10.5. The molecule has 5 heteroatoms. The number of ether oxygens (including phenoxy) is 3. The molecule has 1 aromatic rings. The van der Waals surface area contributed by atoms with Crippen LogP contribution in [0.25, 0.3) is 12.2 Å². The molecule has 0 aliphatic carbocycles. The molecular weight excluding hydrogens is 368 g/mol. The summed E-state index contributed by atoms with van der Waals surface area (Å²) in [6.45, 7) is 6.86. The van der Waals surface area contributed by atoms with Gasteiger partial charge in [-0.05, 0) is 50.8 Å². The van der Waals surface area contributed by atoms with Gasteiger partial charge in [0.25, 0.3) is 0 Å². The molecule has 1 rings (SSSR count). The average molecular weight is 403 g/mol. The minimum absolute atomic E-state index is 0.220. The first-order chi connectivity index (χ1) is 14.1. The lowest BCUT2D eigenvalue weighted by Crippen LogP contribution is -2.07. The van der Waals surface area contributed by atoms with Gasteiger partial charge in [0, 0.05) is 18.1 Å². The molecule has 0 spiro atoms. The highest BCUT2D eigenvalue weighted by atomic mass is 16.5. The molecule has 0 heterocycles. The molecule has 0 unspecified atom stereocenters. The van der Waals surface area contributed by atoms with Gasteiger partial charge >= 0.3 is 11.9 Å². The number of allylic oxidation sites excluding steroid dienone is 1. The van der Waals surface area contributed by atoms with E-state index in [-0.39, 0.29) is 11.9 Å². The molecule has 0 bridgehead atoms. The van der Waals surface area contributed by atoms with Gasteiger partial charge in [0.15, 0.2) is 0 Å². The van der Waals surface area contributed by atoms with Crippen LogP contribution in [-0.4, -0.2) is 31.8 Å². The van der Waals surface area contributed by atoms with Gasteiger partial charge in [-0.2, -0.15) is 0 Å². The van der Waals surface area contributed by atoms with Gasteiger partial charge in [0.1, 0.15) is 5.75 Å². The van der Waals surface area contributed by atoms with E-state index in [1.807, 2.05) is 18.2 Å². The number of esters is 2. The Morgan fingerprint density at radius 3 is 2.48 bits per heavy atom. The molecule has 0 aliphatic rings. The Labute approximate surface area is 174 Å². The normalized spacial score (nSPS) is 11.1. The molecule has 5 nitrogen and oxygen atoms in total. The monoisotopic (exact) mass is 402 g/mol. The van der Waals surface area contributed by atoms with Gasteiger partial charge < -0.3 is 14.2 Å². The fourth-order valence-corrected chi connectivity index (χ4v) is 2.71. The second-order valence-corrected chi connectivity index (χ2v) is 6.50. The van der Waals surface area contributed by atoms with Crippen LogP contribution in [-0.2, 0) is 19.1 Å². The molecule has 29 heavy (non-hydrogen) atoms. The topological polar surface area (TPSA) is 61.8 Å². The summed E-state index contributed by atoms with van der Waals surface area (Å²) >= 11 is 0. The first kappa shape index (κ1) is 24.5. The largest absolute Gasteiger partial charge is 0.493 e. The van der Waals surface area contributed by atoms with Crippen LogP contribution in [0.5, 0.6) is 5.75 Å². The smallest absolute Gasteiger partial charge is 0.330 e. The summed E-state index contributed by atoms with van der Waals surface area (Å²) in [5.74, 6) is 0.0647. The molecule has 0 fully saturated rings. The SMILES string of the molecule is CCCCCC=Cc1cccc(OCCCC(=O)OCC)c1C=CC(=O)OCC. The Morgan fingerprint density at radius 1 is 0.966 bits per heavy atom. The van der Waals surface area contributed by atoms with E-state index in [4.69, 9.17) is 14.2 Å². The molecule has 1 aromatic carbocycles. The third-order valence-corrected chi connectivity index (χ3v) is 4.13. The minimum atomic E-state index is -0.387. The minimum Gasteiger partial charge on any atom is -0.493 e. The second-order valence-electron chi connectivity index (χ2n) is 6.50. The summed E-state index contributed by atoms with van der Waals surface area (Å²) in [5.41, 5.74) is 1.80. The average Bonchev–Trinajstić information content (AvgIpc) is 2.70. The van der Waals surface area contributed by atoms with E-state index in [0.717, 1.165) is 24.0 Å². The molecule has 160 valence electrons. The van der Waals surface area contributed by atoms with E-state index < -0.39 is 0 Å². The summed E-state index contributed by atoms with van der Waals surface area (Å²) in [5, 5.41) is 0. The van der Waals surface area contributed by atoms with E-state index in [0.29, 0.717) is 38.4 Å². The van der Waals surface area contributed by atoms with Crippen molar-refractivity contribution >= 4 is 24.1 Å². The van der Waals surface area contributed by atoms with Crippen LogP contribution >= 0.6 is 0 Å². The van der Waals surface area contributed by atoms with E-state index in [2.05, 4.69) is 19.1 Å². The van der Waals surface area contributed by atoms with Gasteiger partial charge in [-0.3, -0.25) is 4.79 Å². The summed E-state index contributed by atoms with van der Waals surface area (Å²) < 4.78 is 15.8. The number of rotatable bonds is 14. The number of carbonyl (C=O) groups excluding carboxylic acids is 2. The molecular formula is C24H34O5. The summed E-state index contributed by atoms with van der Waals surface area (Å²) in [4.78, 5) is 23.2. The Bertz CT molecular complexity index is 676. The van der Waals surface area contributed by atoms with E-state index >= 15 is 0 Å². The highest BCUT2D eigenvalue weighted by Gasteiger charge is 2.08. The molecule has 0 amide bonds. The molecule has 0 aliphatic heterocycles. The number of hydrogen-bond acceptors (Lipinski definition) is 5. The summed E-state index contributed by atoms with van der Waals surface area (Å²) in [7, 11) is 0. The predicted octanol–water partition coefficient (Wildman–Crippen LogP) is 5.58. The van der Waals surface area contributed by atoms with Crippen LogP contribution in [0.2, 0.25) is 0 Å². The highest BCUT2D eigenvalue weighted by Crippen LogP contribution is 2.26. The predicted molar refractivity (Wildman–Crippen MR) is 117 cm³/mol. The van der Waals surface area contributed by atoms with Crippen molar-refractivity contribution in [3.8, 4) is 5.75 Å². The van der Waals surface area contributed by atoms with Gasteiger partial charge in [-0.1, -0.05) is 44.1 Å². The molecule has 0 atom stereocenters. The Morgan fingerprint density at radius 2 is 1.76 bits per heavy atom. The highest BCUT2D eigenvalue weighted by molar-refractivity contribution is 5.88. The van der Waals surface area contributed by atoms with Gasteiger partial charge in [-0.15, -0.1) is 0 Å². The molecule has 0 radical (unpaired) electrons. The van der Waals surface area contributed by atoms with Gasteiger partial charge in [0.2, 0.25) is 0 Å². The van der Waals surface area contributed by atoms with Crippen molar-refractivity contribution in [3.63, 3.8) is 0 Å². The van der Waals surface area contributed by atoms with Crippen LogP contribution < -0.4 is 4.74 Å². The lowest BCUT2D eigenvalue weighted by Gasteiger charge is -2.12. The first-order valence-electron chi connectivity index (χ1n) is 10.5. The van der Waals surface area contributed by atoms with Crippen molar-refractivity contribution in [1.82, 2.24) is 0 Å². The van der Waals surface area contributed by atoms with E-state index in [1.165, 1.54) is 18.9 Å². The summed E-state index contributed by atoms with van der Waals surface area (Å²) in [6.07, 6.45) is 12.8. The van der Waals surface area contributed by atoms with Crippen LogP contribution in [0.15, 0.2) is 30.4 Å². The lowest BCUT2D eigenvalue weighted by molar-refractivity contribution is -0.143. The fraction of sp³-hybridized carbons (Fsp3) is 0.500. The molecule has 0 N–H and O–H groups in total. The van der Waals surface area contributed by atoms with Gasteiger partial charge in [0.05, 0.1) is 19.8 Å². The van der Waals surface area contributed by atoms with Crippen LogP contribution in [0.1, 0.15) is 70.4 Å². The van der Waals surface area contributed by atoms with Crippen molar-refractivity contribution < 1.29 is 23.8 Å². The zero-order valence-corrected chi connectivity index (χ0v) is 17.9. The Hall–Kier alpha value is -2.56. The van der Waals surface area contributed by atoms with Crippen LogP contribution in [0.3, 0.4) is 0 Å². The molecule has 0 saturated heterocycles. The Balaban J connectivity index is 2.87. The van der Waals surface area contributed by atoms with Crippen LogP contribution in [0, 0.1) is 0 Å². The number of carbonyl (C=O) groups is 2. The van der Waals surface area contributed by atoms with Crippen molar-refractivity contribution in [1.29, 1.82) is 0 Å². The van der Waals surface area contributed by atoms with Gasteiger partial charge in [-0.25, -0.2) is 4.79 Å². The maximum Gasteiger partial charge on any atom is 0.330 e. The lowest BCUT2D eigenvalue weighted by atomic mass is 10.0. The molecule has 0 aromatic heterocycles. The van der Waals surface area contributed by atoms with Crippen LogP contribution in [0.4, 0.5) is 0 Å². The number of benzene rings is 1. The van der Waals surface area contributed by atoms with Crippen molar-refractivity contribution in [2.45, 2.75) is 59.3 Å². The van der Waals surface area contributed by atoms with Crippen molar-refractivity contribution in [2.24, 2.45) is 0 Å². The number of hydrogen-bond donors (Lipinski definition) is 0. The number of unbranched alkanes of at least 4 members (excludes halogenated alkanes) is 3. The Kier molecular flexibility index (Phi) is 13.0. The molecule has 0 saturated carbocycles. The van der Waals surface area contributed by atoms with Crippen molar-refractivity contribution in [2.75, 3.05) is 19.8 Å². The third kappa shape index (κ3) is 10.5. The second kappa shape index (κ2) is 15.4. The zero-order valence-electron chi connectivity index (χ0n) is 17.9. The standard InChI is InChI=1S/C24H34O5/c1-4-7-8-9-10-13-20-14-11-15-22(21(20)17-18-24(26)28-6-3)29-19-12-16-23(25)27-5-2/h10-11,13-15,17-18H,4-9,12,16,19H2,1-3H3. The van der Waals surface area contributed by atoms with E-state index in [1.54, 1.807) is 19.9 Å².